The molecule has 1 atom stereocenters. The highest BCUT2D eigenvalue weighted by Gasteiger charge is 2.34. The molecular weight excluding hydrogens is 242 g/mol. The number of likely N-dealkylation sites (tertiary alicyclic amines) is 1. The fourth-order valence-electron chi connectivity index (χ4n) is 2.30. The Labute approximate surface area is 113 Å². The summed E-state index contributed by atoms with van der Waals surface area (Å²) in [6.07, 6.45) is 5.41. The number of pyridine rings is 1. The van der Waals surface area contributed by atoms with Crippen LogP contribution in [0.4, 0.5) is 0 Å². The van der Waals surface area contributed by atoms with E-state index in [4.69, 9.17) is 0 Å². The van der Waals surface area contributed by atoms with Gasteiger partial charge in [0.05, 0.1) is 0 Å². The number of carbonyl (C=O) groups excluding carboxylic acids is 2. The number of hydrogen-bond donors (Lipinski definition) is 0. The van der Waals surface area contributed by atoms with E-state index >= 15 is 0 Å². The van der Waals surface area contributed by atoms with Gasteiger partial charge in [-0.2, -0.15) is 0 Å². The third-order valence-electron chi connectivity index (χ3n) is 3.64. The van der Waals surface area contributed by atoms with Gasteiger partial charge in [0.25, 0.3) is 0 Å². The van der Waals surface area contributed by atoms with Crippen LogP contribution in [0.5, 0.6) is 0 Å². The van der Waals surface area contributed by atoms with Crippen LogP contribution in [0.2, 0.25) is 0 Å². The lowest BCUT2D eigenvalue weighted by molar-refractivity contribution is -0.139. The maximum absolute atomic E-state index is 12.2. The molecule has 0 saturated carbocycles. The highest BCUT2D eigenvalue weighted by atomic mass is 16.2. The summed E-state index contributed by atoms with van der Waals surface area (Å²) in [6, 6.07) is 3.61. The molecule has 1 saturated heterocycles. The zero-order chi connectivity index (χ0) is 13.8. The van der Waals surface area contributed by atoms with E-state index < -0.39 is 0 Å². The molecule has 1 unspecified atom stereocenters. The summed E-state index contributed by atoms with van der Waals surface area (Å²) < 4.78 is 0. The molecule has 1 aliphatic heterocycles. The lowest BCUT2D eigenvalue weighted by Gasteiger charge is -2.25. The molecule has 0 bridgehead atoms. The zero-order valence-corrected chi connectivity index (χ0v) is 11.4. The second-order valence-corrected chi connectivity index (χ2v) is 4.92. The molecule has 1 aromatic rings. The standard InChI is InChI=1S/C14H19N3O2/c1-16(10-7-11-5-8-15-9-6-11)14(19)12-3-4-13(18)17(12)2/h5-6,8-9,12H,3-4,7,10H2,1-2H3. The number of aromatic nitrogens is 1. The van der Waals surface area contributed by atoms with Crippen LogP contribution in [-0.2, 0) is 16.0 Å². The van der Waals surface area contributed by atoms with Crippen molar-refractivity contribution in [1.82, 2.24) is 14.8 Å². The van der Waals surface area contributed by atoms with E-state index in [1.807, 2.05) is 12.1 Å². The Balaban J connectivity index is 1.88. The molecule has 0 radical (unpaired) electrons. The monoisotopic (exact) mass is 261 g/mol. The van der Waals surface area contributed by atoms with Crippen molar-refractivity contribution in [1.29, 1.82) is 0 Å². The first kappa shape index (κ1) is 13.5. The van der Waals surface area contributed by atoms with Crippen LogP contribution >= 0.6 is 0 Å². The predicted molar refractivity (Wildman–Crippen MR) is 71.4 cm³/mol. The number of hydrogen-bond acceptors (Lipinski definition) is 3. The van der Waals surface area contributed by atoms with E-state index in [0.717, 1.165) is 12.0 Å². The SMILES string of the molecule is CN(CCc1ccncc1)C(=O)C1CCC(=O)N1C. The normalized spacial score (nSPS) is 18.7. The number of carbonyl (C=O) groups is 2. The van der Waals surface area contributed by atoms with Gasteiger partial charge in [0.2, 0.25) is 11.8 Å². The number of likely N-dealkylation sites (N-methyl/N-ethyl adjacent to an activating group) is 2. The minimum absolute atomic E-state index is 0.0300. The first-order valence-corrected chi connectivity index (χ1v) is 6.49. The van der Waals surface area contributed by atoms with Gasteiger partial charge in [-0.3, -0.25) is 14.6 Å². The van der Waals surface area contributed by atoms with Gasteiger partial charge in [0.15, 0.2) is 0 Å². The molecule has 102 valence electrons. The van der Waals surface area contributed by atoms with Crippen LogP contribution < -0.4 is 0 Å². The van der Waals surface area contributed by atoms with Crippen molar-refractivity contribution >= 4 is 11.8 Å². The molecule has 0 N–H and O–H groups in total. The molecule has 5 nitrogen and oxygen atoms in total. The van der Waals surface area contributed by atoms with Crippen LogP contribution in [0.15, 0.2) is 24.5 Å². The van der Waals surface area contributed by atoms with Crippen LogP contribution in [0.25, 0.3) is 0 Å². The fourth-order valence-corrected chi connectivity index (χ4v) is 2.30. The molecule has 2 rings (SSSR count). The number of amides is 2. The average molecular weight is 261 g/mol. The Kier molecular flexibility index (Phi) is 4.14. The van der Waals surface area contributed by atoms with Crippen molar-refractivity contribution in [2.45, 2.75) is 25.3 Å². The molecule has 0 aliphatic carbocycles. The van der Waals surface area contributed by atoms with E-state index in [0.29, 0.717) is 19.4 Å². The number of rotatable bonds is 4. The molecule has 1 aliphatic rings. The molecule has 1 fully saturated rings. The van der Waals surface area contributed by atoms with Crippen LogP contribution in [0.3, 0.4) is 0 Å². The van der Waals surface area contributed by atoms with Crippen molar-refractivity contribution in [3.63, 3.8) is 0 Å². The Morgan fingerprint density at radius 2 is 2.16 bits per heavy atom. The summed E-state index contributed by atoms with van der Waals surface area (Å²) in [5.41, 5.74) is 1.16. The van der Waals surface area contributed by atoms with Crippen molar-refractivity contribution < 1.29 is 9.59 Å². The summed E-state index contributed by atoms with van der Waals surface area (Å²) >= 11 is 0. The van der Waals surface area contributed by atoms with E-state index in [-0.39, 0.29) is 17.9 Å². The molecular formula is C14H19N3O2. The van der Waals surface area contributed by atoms with Crippen molar-refractivity contribution in [3.05, 3.63) is 30.1 Å². The maximum atomic E-state index is 12.2. The second kappa shape index (κ2) is 5.82. The quantitative estimate of drug-likeness (QED) is 0.802. The van der Waals surface area contributed by atoms with Gasteiger partial charge >= 0.3 is 0 Å². The van der Waals surface area contributed by atoms with Crippen LogP contribution in [0.1, 0.15) is 18.4 Å². The molecule has 2 heterocycles. The summed E-state index contributed by atoms with van der Waals surface area (Å²) in [5, 5.41) is 0. The van der Waals surface area contributed by atoms with Gasteiger partial charge in [-0.05, 0) is 30.5 Å². The van der Waals surface area contributed by atoms with Crippen molar-refractivity contribution in [3.8, 4) is 0 Å². The largest absolute Gasteiger partial charge is 0.344 e. The van der Waals surface area contributed by atoms with Crippen molar-refractivity contribution in [2.75, 3.05) is 20.6 Å². The van der Waals surface area contributed by atoms with Crippen LogP contribution in [-0.4, -0.2) is 53.3 Å². The minimum atomic E-state index is -0.282. The molecule has 0 spiro atoms. The minimum Gasteiger partial charge on any atom is -0.344 e. The highest BCUT2D eigenvalue weighted by molar-refractivity contribution is 5.90. The molecule has 2 amide bonds. The smallest absolute Gasteiger partial charge is 0.245 e. The predicted octanol–water partition coefficient (Wildman–Crippen LogP) is 0.703. The Hall–Kier alpha value is -1.91. The van der Waals surface area contributed by atoms with Crippen LogP contribution in [0, 0.1) is 0 Å². The Morgan fingerprint density at radius 3 is 2.74 bits per heavy atom. The van der Waals surface area contributed by atoms with Gasteiger partial charge < -0.3 is 9.80 Å². The third kappa shape index (κ3) is 3.10. The topological polar surface area (TPSA) is 53.5 Å². The number of nitrogens with zero attached hydrogens (tertiary/aromatic N) is 3. The van der Waals surface area contributed by atoms with E-state index in [2.05, 4.69) is 4.98 Å². The van der Waals surface area contributed by atoms with Gasteiger partial charge in [-0.15, -0.1) is 0 Å². The summed E-state index contributed by atoms with van der Waals surface area (Å²) in [4.78, 5) is 30.9. The lowest BCUT2D eigenvalue weighted by Crippen LogP contribution is -2.44. The Bertz CT molecular complexity index is 461. The average Bonchev–Trinajstić information content (AvgIpc) is 2.77. The third-order valence-corrected chi connectivity index (χ3v) is 3.64. The Morgan fingerprint density at radius 1 is 1.47 bits per heavy atom. The van der Waals surface area contributed by atoms with Crippen molar-refractivity contribution in [2.24, 2.45) is 0 Å². The zero-order valence-electron chi connectivity index (χ0n) is 11.4. The molecule has 5 heteroatoms. The van der Waals surface area contributed by atoms with Gasteiger partial charge in [-0.1, -0.05) is 0 Å². The first-order chi connectivity index (χ1) is 9.09. The second-order valence-electron chi connectivity index (χ2n) is 4.92. The lowest BCUT2D eigenvalue weighted by atomic mass is 10.1. The molecule has 0 aromatic carbocycles. The highest BCUT2D eigenvalue weighted by Crippen LogP contribution is 2.18. The van der Waals surface area contributed by atoms with E-state index in [9.17, 15) is 9.59 Å². The van der Waals surface area contributed by atoms with E-state index in [1.54, 1.807) is 36.3 Å². The molecule has 19 heavy (non-hydrogen) atoms. The fraction of sp³-hybridized carbons (Fsp3) is 0.500. The van der Waals surface area contributed by atoms with Gasteiger partial charge in [0, 0.05) is 39.5 Å². The maximum Gasteiger partial charge on any atom is 0.245 e. The van der Waals surface area contributed by atoms with Gasteiger partial charge in [0.1, 0.15) is 6.04 Å². The summed E-state index contributed by atoms with van der Waals surface area (Å²) in [7, 11) is 3.49. The van der Waals surface area contributed by atoms with E-state index in [1.165, 1.54) is 0 Å². The van der Waals surface area contributed by atoms with Gasteiger partial charge in [-0.25, -0.2) is 0 Å². The summed E-state index contributed by atoms with van der Waals surface area (Å²) in [5.74, 6) is 0.0864. The first-order valence-electron chi connectivity index (χ1n) is 6.49. The molecule has 1 aromatic heterocycles. The summed E-state index contributed by atoms with van der Waals surface area (Å²) in [6.45, 7) is 0.654.